The molecule has 0 fully saturated rings. The van der Waals surface area contributed by atoms with Crippen LogP contribution in [-0.2, 0) is 17.9 Å². The molecule has 2 N–H and O–H groups in total. The maximum atomic E-state index is 12.5. The van der Waals surface area contributed by atoms with Gasteiger partial charge in [-0.3, -0.25) is 4.79 Å². The predicted octanol–water partition coefficient (Wildman–Crippen LogP) is 3.26. The van der Waals surface area contributed by atoms with Crippen molar-refractivity contribution in [3.8, 4) is 0 Å². The molecule has 0 radical (unpaired) electrons. The molecule has 0 aliphatic heterocycles. The van der Waals surface area contributed by atoms with Crippen LogP contribution in [0.4, 0.5) is 4.79 Å². The Morgan fingerprint density at radius 2 is 1.38 bits per heavy atom. The number of rotatable bonds is 8. The fraction of sp³-hybridized carbons (Fsp3) is 0.263. The first-order valence-corrected chi connectivity index (χ1v) is 7.97. The lowest BCUT2D eigenvalue weighted by Crippen LogP contribution is -2.39. The lowest BCUT2D eigenvalue weighted by molar-refractivity contribution is -0.137. The first-order chi connectivity index (χ1) is 11.6. The zero-order valence-corrected chi connectivity index (χ0v) is 13.5. The van der Waals surface area contributed by atoms with Crippen molar-refractivity contribution in [3.05, 3.63) is 71.8 Å². The minimum absolute atomic E-state index is 0.0532. The van der Waals surface area contributed by atoms with Gasteiger partial charge in [0.1, 0.15) is 0 Å². The van der Waals surface area contributed by atoms with Gasteiger partial charge in [-0.1, -0.05) is 60.7 Å². The fourth-order valence-electron chi connectivity index (χ4n) is 2.35. The van der Waals surface area contributed by atoms with E-state index < -0.39 is 5.97 Å². The van der Waals surface area contributed by atoms with E-state index in [0.717, 1.165) is 11.1 Å². The molecule has 2 aromatic carbocycles. The number of amides is 2. The zero-order valence-electron chi connectivity index (χ0n) is 13.5. The molecule has 0 saturated heterocycles. The molecule has 2 aromatic rings. The minimum Gasteiger partial charge on any atom is -0.481 e. The van der Waals surface area contributed by atoms with Gasteiger partial charge in [0.15, 0.2) is 0 Å². The molecule has 0 aliphatic carbocycles. The first-order valence-electron chi connectivity index (χ1n) is 7.97. The van der Waals surface area contributed by atoms with Gasteiger partial charge in [-0.15, -0.1) is 0 Å². The Labute approximate surface area is 141 Å². The molecule has 24 heavy (non-hydrogen) atoms. The summed E-state index contributed by atoms with van der Waals surface area (Å²) in [4.78, 5) is 24.7. The van der Waals surface area contributed by atoms with Crippen LogP contribution in [0.3, 0.4) is 0 Å². The smallest absolute Gasteiger partial charge is 0.318 e. The highest BCUT2D eigenvalue weighted by molar-refractivity contribution is 5.74. The SMILES string of the molecule is O=C(O)CCCNC(=O)N(Cc1ccccc1)Cc1ccccc1. The number of hydrogen-bond acceptors (Lipinski definition) is 2. The highest BCUT2D eigenvalue weighted by Crippen LogP contribution is 2.10. The molecule has 126 valence electrons. The van der Waals surface area contributed by atoms with Crippen molar-refractivity contribution < 1.29 is 14.7 Å². The Morgan fingerprint density at radius 1 is 0.875 bits per heavy atom. The maximum Gasteiger partial charge on any atom is 0.318 e. The highest BCUT2D eigenvalue weighted by atomic mass is 16.4. The Morgan fingerprint density at radius 3 is 1.83 bits per heavy atom. The summed E-state index contributed by atoms with van der Waals surface area (Å²) in [7, 11) is 0. The molecule has 2 amide bonds. The largest absolute Gasteiger partial charge is 0.481 e. The van der Waals surface area contributed by atoms with E-state index in [1.54, 1.807) is 4.90 Å². The lowest BCUT2D eigenvalue weighted by atomic mass is 10.2. The van der Waals surface area contributed by atoms with Gasteiger partial charge >= 0.3 is 12.0 Å². The van der Waals surface area contributed by atoms with Crippen LogP contribution in [0.2, 0.25) is 0 Å². The molecule has 0 atom stereocenters. The first kappa shape index (κ1) is 17.5. The molecular formula is C19H22N2O3. The van der Waals surface area contributed by atoms with Crippen LogP contribution in [0.1, 0.15) is 24.0 Å². The second kappa shape index (κ2) is 9.35. The number of benzene rings is 2. The van der Waals surface area contributed by atoms with E-state index in [-0.39, 0.29) is 12.5 Å². The molecule has 0 spiro atoms. The third kappa shape index (κ3) is 6.12. The topological polar surface area (TPSA) is 69.6 Å². The summed E-state index contributed by atoms with van der Waals surface area (Å²) in [6.45, 7) is 1.35. The van der Waals surface area contributed by atoms with Crippen molar-refractivity contribution in [2.45, 2.75) is 25.9 Å². The number of hydrogen-bond donors (Lipinski definition) is 2. The highest BCUT2D eigenvalue weighted by Gasteiger charge is 2.14. The molecule has 5 nitrogen and oxygen atoms in total. The number of nitrogens with one attached hydrogen (secondary N) is 1. The molecule has 0 aromatic heterocycles. The van der Waals surface area contributed by atoms with Crippen LogP contribution in [0.5, 0.6) is 0 Å². The molecule has 0 unspecified atom stereocenters. The Bertz CT molecular complexity index is 603. The number of carbonyl (C=O) groups is 2. The maximum absolute atomic E-state index is 12.5. The number of aliphatic carboxylic acids is 1. The van der Waals surface area contributed by atoms with Gasteiger partial charge in [0.05, 0.1) is 0 Å². The zero-order chi connectivity index (χ0) is 17.2. The van der Waals surface area contributed by atoms with Crippen LogP contribution >= 0.6 is 0 Å². The van der Waals surface area contributed by atoms with Crippen molar-refractivity contribution in [2.75, 3.05) is 6.54 Å². The van der Waals surface area contributed by atoms with Gasteiger partial charge in [0, 0.05) is 26.1 Å². The normalized spacial score (nSPS) is 10.2. The van der Waals surface area contributed by atoms with E-state index in [9.17, 15) is 9.59 Å². The van der Waals surface area contributed by atoms with Crippen molar-refractivity contribution in [1.82, 2.24) is 10.2 Å². The minimum atomic E-state index is -0.852. The van der Waals surface area contributed by atoms with Crippen LogP contribution in [0.15, 0.2) is 60.7 Å². The van der Waals surface area contributed by atoms with Crippen LogP contribution in [-0.4, -0.2) is 28.6 Å². The van der Waals surface area contributed by atoms with Gasteiger partial charge < -0.3 is 15.3 Å². The number of carbonyl (C=O) groups excluding carboxylic acids is 1. The summed E-state index contributed by atoms with van der Waals surface area (Å²) in [5.41, 5.74) is 2.10. The summed E-state index contributed by atoms with van der Waals surface area (Å²) in [6, 6.07) is 19.4. The second-order valence-electron chi connectivity index (χ2n) is 5.56. The van der Waals surface area contributed by atoms with Gasteiger partial charge in [0.2, 0.25) is 0 Å². The average molecular weight is 326 g/mol. The summed E-state index contributed by atoms with van der Waals surface area (Å²) < 4.78 is 0. The number of carboxylic acid groups (broad SMARTS) is 1. The Hall–Kier alpha value is -2.82. The molecule has 0 saturated carbocycles. The van der Waals surface area contributed by atoms with E-state index >= 15 is 0 Å². The second-order valence-corrected chi connectivity index (χ2v) is 5.56. The summed E-state index contributed by atoms with van der Waals surface area (Å²) in [5.74, 6) is -0.852. The van der Waals surface area contributed by atoms with Crippen molar-refractivity contribution >= 4 is 12.0 Å². The van der Waals surface area contributed by atoms with Gasteiger partial charge in [-0.2, -0.15) is 0 Å². The molecule has 0 bridgehead atoms. The number of nitrogens with zero attached hydrogens (tertiary/aromatic N) is 1. The molecule has 0 heterocycles. The summed E-state index contributed by atoms with van der Waals surface area (Å²) in [5, 5.41) is 11.5. The molecule has 5 heteroatoms. The van der Waals surface area contributed by atoms with Crippen molar-refractivity contribution in [3.63, 3.8) is 0 Å². The Balaban J connectivity index is 1.98. The summed E-state index contributed by atoms with van der Waals surface area (Å²) >= 11 is 0. The van der Waals surface area contributed by atoms with Crippen LogP contribution < -0.4 is 5.32 Å². The standard InChI is InChI=1S/C19H22N2O3/c22-18(23)12-7-13-20-19(24)21(14-16-8-3-1-4-9-16)15-17-10-5-2-6-11-17/h1-6,8-11H,7,12-15H2,(H,20,24)(H,22,23). The van der Waals surface area contributed by atoms with Crippen LogP contribution in [0, 0.1) is 0 Å². The van der Waals surface area contributed by atoms with Crippen molar-refractivity contribution in [2.24, 2.45) is 0 Å². The lowest BCUT2D eigenvalue weighted by Gasteiger charge is -2.23. The third-order valence-corrected chi connectivity index (χ3v) is 3.56. The van der Waals surface area contributed by atoms with E-state index in [1.807, 2.05) is 60.7 Å². The van der Waals surface area contributed by atoms with E-state index in [0.29, 0.717) is 26.1 Å². The number of urea groups is 1. The van der Waals surface area contributed by atoms with E-state index in [4.69, 9.17) is 5.11 Å². The summed E-state index contributed by atoms with van der Waals surface area (Å²) in [6.07, 6.45) is 0.475. The van der Waals surface area contributed by atoms with Gasteiger partial charge in [-0.25, -0.2) is 4.79 Å². The molecule has 2 rings (SSSR count). The third-order valence-electron chi connectivity index (χ3n) is 3.56. The van der Waals surface area contributed by atoms with Gasteiger partial charge in [-0.05, 0) is 17.5 Å². The monoisotopic (exact) mass is 326 g/mol. The Kier molecular flexibility index (Phi) is 6.83. The average Bonchev–Trinajstić information content (AvgIpc) is 2.59. The van der Waals surface area contributed by atoms with E-state index in [1.165, 1.54) is 0 Å². The fourth-order valence-corrected chi connectivity index (χ4v) is 2.35. The quantitative estimate of drug-likeness (QED) is 0.732. The van der Waals surface area contributed by atoms with Crippen LogP contribution in [0.25, 0.3) is 0 Å². The number of carboxylic acids is 1. The van der Waals surface area contributed by atoms with E-state index in [2.05, 4.69) is 5.32 Å². The molecule has 0 aliphatic rings. The van der Waals surface area contributed by atoms with Gasteiger partial charge in [0.25, 0.3) is 0 Å². The predicted molar refractivity (Wildman–Crippen MR) is 92.4 cm³/mol. The van der Waals surface area contributed by atoms with Crippen molar-refractivity contribution in [1.29, 1.82) is 0 Å². The molecular weight excluding hydrogens is 304 g/mol.